The highest BCUT2D eigenvalue weighted by Crippen LogP contribution is 2.30. The van der Waals surface area contributed by atoms with Crippen molar-refractivity contribution in [3.05, 3.63) is 53.1 Å². The summed E-state index contributed by atoms with van der Waals surface area (Å²) in [5.74, 6) is 0.904. The topological polar surface area (TPSA) is 71.1 Å². The Kier molecular flexibility index (Phi) is 6.39. The Morgan fingerprint density at radius 2 is 1.68 bits per heavy atom. The maximum absolute atomic E-state index is 11.5. The first-order valence-corrected chi connectivity index (χ1v) is 7.62. The molecule has 6 heteroatoms. The molecule has 0 saturated heterocycles. The Labute approximate surface area is 146 Å². The average Bonchev–Trinajstić information content (AvgIpc) is 2.64. The van der Waals surface area contributed by atoms with Crippen molar-refractivity contribution in [2.45, 2.75) is 13.5 Å². The van der Waals surface area contributed by atoms with Gasteiger partial charge in [0.1, 0.15) is 23.9 Å². The number of aldehydes is 1. The van der Waals surface area contributed by atoms with E-state index in [1.807, 2.05) is 31.2 Å². The fourth-order valence-corrected chi connectivity index (χ4v) is 2.17. The number of rotatable bonds is 8. The summed E-state index contributed by atoms with van der Waals surface area (Å²) >= 11 is 0. The second-order valence-electron chi connectivity index (χ2n) is 5.29. The molecule has 0 aromatic heterocycles. The molecular formula is C19H20O6. The maximum atomic E-state index is 11.5. The van der Waals surface area contributed by atoms with Crippen LogP contribution in [0.5, 0.6) is 17.2 Å². The molecule has 0 atom stereocenters. The van der Waals surface area contributed by atoms with Crippen LogP contribution in [0.15, 0.2) is 36.4 Å². The van der Waals surface area contributed by atoms with Crippen LogP contribution in [0.25, 0.3) is 0 Å². The summed E-state index contributed by atoms with van der Waals surface area (Å²) in [4.78, 5) is 22.7. The fraction of sp³-hybridized carbons (Fsp3) is 0.263. The highest BCUT2D eigenvalue weighted by Gasteiger charge is 2.14. The van der Waals surface area contributed by atoms with E-state index in [0.717, 1.165) is 16.9 Å². The van der Waals surface area contributed by atoms with E-state index < -0.39 is 5.97 Å². The Morgan fingerprint density at radius 3 is 2.24 bits per heavy atom. The summed E-state index contributed by atoms with van der Waals surface area (Å²) in [5.41, 5.74) is 2.02. The standard InChI is InChI=1S/C19H20O6/c1-13-8-17(24-11-14-4-6-15(22-2)7-5-14)16(10-20)18(9-13)25-12-19(21)23-3/h4-10H,11-12H2,1-3H3. The summed E-state index contributed by atoms with van der Waals surface area (Å²) in [5, 5.41) is 0. The van der Waals surface area contributed by atoms with Crippen molar-refractivity contribution in [3.8, 4) is 17.2 Å². The number of hydrogen-bond acceptors (Lipinski definition) is 6. The molecule has 2 aromatic carbocycles. The summed E-state index contributed by atoms with van der Waals surface area (Å²) in [7, 11) is 2.87. The molecule has 0 aliphatic heterocycles. The third-order valence-corrected chi connectivity index (χ3v) is 3.49. The van der Waals surface area contributed by atoms with E-state index >= 15 is 0 Å². The van der Waals surface area contributed by atoms with E-state index in [0.29, 0.717) is 12.0 Å². The first kappa shape index (κ1) is 18.3. The molecule has 2 aromatic rings. The Hall–Kier alpha value is -3.02. The normalized spacial score (nSPS) is 10.0. The molecule has 0 saturated carbocycles. The smallest absolute Gasteiger partial charge is 0.343 e. The monoisotopic (exact) mass is 344 g/mol. The molecule has 25 heavy (non-hydrogen) atoms. The predicted molar refractivity (Wildman–Crippen MR) is 91.4 cm³/mol. The molecule has 0 spiro atoms. The summed E-state index contributed by atoms with van der Waals surface area (Å²) < 4.78 is 20.8. The van der Waals surface area contributed by atoms with E-state index in [-0.39, 0.29) is 24.5 Å². The number of esters is 1. The molecule has 0 fully saturated rings. The lowest BCUT2D eigenvalue weighted by atomic mass is 10.1. The maximum Gasteiger partial charge on any atom is 0.343 e. The van der Waals surface area contributed by atoms with E-state index in [9.17, 15) is 9.59 Å². The van der Waals surface area contributed by atoms with Gasteiger partial charge in [0.25, 0.3) is 0 Å². The summed E-state index contributed by atoms with van der Waals surface area (Å²) in [6.07, 6.45) is 0.648. The van der Waals surface area contributed by atoms with Crippen molar-refractivity contribution in [1.82, 2.24) is 0 Å². The summed E-state index contributed by atoms with van der Waals surface area (Å²) in [6.45, 7) is 1.85. The molecule has 0 aliphatic rings. The van der Waals surface area contributed by atoms with Gasteiger partial charge in [0, 0.05) is 0 Å². The van der Waals surface area contributed by atoms with Gasteiger partial charge in [-0.2, -0.15) is 0 Å². The van der Waals surface area contributed by atoms with Crippen molar-refractivity contribution in [3.63, 3.8) is 0 Å². The van der Waals surface area contributed by atoms with Crippen molar-refractivity contribution >= 4 is 12.3 Å². The SMILES string of the molecule is COC(=O)COc1cc(C)cc(OCc2ccc(OC)cc2)c1C=O. The van der Waals surface area contributed by atoms with Crippen LogP contribution in [0, 0.1) is 6.92 Å². The van der Waals surface area contributed by atoms with Gasteiger partial charge in [-0.1, -0.05) is 12.1 Å². The van der Waals surface area contributed by atoms with Crippen LogP contribution in [-0.4, -0.2) is 33.1 Å². The molecule has 0 heterocycles. The zero-order chi connectivity index (χ0) is 18.2. The molecule has 0 bridgehead atoms. The molecule has 0 radical (unpaired) electrons. The second-order valence-corrected chi connectivity index (χ2v) is 5.29. The largest absolute Gasteiger partial charge is 0.497 e. The number of benzene rings is 2. The van der Waals surface area contributed by atoms with Crippen molar-refractivity contribution in [1.29, 1.82) is 0 Å². The minimum absolute atomic E-state index is 0.253. The molecule has 0 unspecified atom stereocenters. The Bertz CT molecular complexity index is 736. The second kappa shape index (κ2) is 8.73. The van der Waals surface area contributed by atoms with Crippen molar-refractivity contribution in [2.24, 2.45) is 0 Å². The van der Waals surface area contributed by atoms with Gasteiger partial charge in [-0.05, 0) is 42.3 Å². The van der Waals surface area contributed by atoms with Gasteiger partial charge in [-0.25, -0.2) is 4.79 Å². The van der Waals surface area contributed by atoms with Crippen molar-refractivity contribution in [2.75, 3.05) is 20.8 Å². The quantitative estimate of drug-likeness (QED) is 0.542. The number of hydrogen-bond donors (Lipinski definition) is 0. The van der Waals surface area contributed by atoms with E-state index in [2.05, 4.69) is 4.74 Å². The lowest BCUT2D eigenvalue weighted by Crippen LogP contribution is -2.13. The fourth-order valence-electron chi connectivity index (χ4n) is 2.17. The minimum Gasteiger partial charge on any atom is -0.497 e. The molecule has 0 aliphatic carbocycles. The number of methoxy groups -OCH3 is 2. The zero-order valence-electron chi connectivity index (χ0n) is 14.4. The van der Waals surface area contributed by atoms with Crippen LogP contribution in [-0.2, 0) is 16.1 Å². The van der Waals surface area contributed by atoms with Gasteiger partial charge < -0.3 is 18.9 Å². The zero-order valence-corrected chi connectivity index (χ0v) is 14.4. The number of carbonyl (C=O) groups excluding carboxylic acids is 2. The van der Waals surface area contributed by atoms with Gasteiger partial charge in [0.2, 0.25) is 0 Å². The van der Waals surface area contributed by atoms with Gasteiger partial charge in [-0.15, -0.1) is 0 Å². The van der Waals surface area contributed by atoms with Gasteiger partial charge in [0.15, 0.2) is 12.9 Å². The van der Waals surface area contributed by atoms with Crippen LogP contribution in [0.2, 0.25) is 0 Å². The number of ether oxygens (including phenoxy) is 4. The molecule has 2 rings (SSSR count). The highest BCUT2D eigenvalue weighted by atomic mass is 16.6. The third kappa shape index (κ3) is 4.97. The molecule has 0 N–H and O–H groups in total. The first-order valence-electron chi connectivity index (χ1n) is 7.62. The van der Waals surface area contributed by atoms with Crippen LogP contribution < -0.4 is 14.2 Å². The molecule has 132 valence electrons. The third-order valence-electron chi connectivity index (χ3n) is 3.49. The highest BCUT2D eigenvalue weighted by molar-refractivity contribution is 5.84. The minimum atomic E-state index is -0.529. The van der Waals surface area contributed by atoms with Gasteiger partial charge >= 0.3 is 5.97 Å². The number of carbonyl (C=O) groups is 2. The lowest BCUT2D eigenvalue weighted by molar-refractivity contribution is -0.142. The Balaban J connectivity index is 2.16. The van der Waals surface area contributed by atoms with Gasteiger partial charge in [0.05, 0.1) is 19.8 Å². The van der Waals surface area contributed by atoms with Crippen LogP contribution in [0.3, 0.4) is 0 Å². The Morgan fingerprint density at radius 1 is 1.04 bits per heavy atom. The summed E-state index contributed by atoms with van der Waals surface area (Å²) in [6, 6.07) is 10.8. The molecule has 6 nitrogen and oxygen atoms in total. The number of aryl methyl sites for hydroxylation is 1. The van der Waals surface area contributed by atoms with Gasteiger partial charge in [-0.3, -0.25) is 4.79 Å². The molecule has 0 amide bonds. The predicted octanol–water partition coefficient (Wildman–Crippen LogP) is 2.95. The van der Waals surface area contributed by atoms with Crippen LogP contribution in [0.1, 0.15) is 21.5 Å². The van der Waals surface area contributed by atoms with Crippen LogP contribution >= 0.6 is 0 Å². The van der Waals surface area contributed by atoms with E-state index in [4.69, 9.17) is 14.2 Å². The van der Waals surface area contributed by atoms with E-state index in [1.165, 1.54) is 7.11 Å². The average molecular weight is 344 g/mol. The van der Waals surface area contributed by atoms with Crippen LogP contribution in [0.4, 0.5) is 0 Å². The molecular weight excluding hydrogens is 324 g/mol. The lowest BCUT2D eigenvalue weighted by Gasteiger charge is -2.14. The van der Waals surface area contributed by atoms with Crippen molar-refractivity contribution < 1.29 is 28.5 Å². The first-order chi connectivity index (χ1) is 12.1. The van der Waals surface area contributed by atoms with E-state index in [1.54, 1.807) is 19.2 Å².